The van der Waals surface area contributed by atoms with Gasteiger partial charge in [-0.3, -0.25) is 0 Å². The summed E-state index contributed by atoms with van der Waals surface area (Å²) in [5, 5.41) is 0. The van der Waals surface area contributed by atoms with Crippen LogP contribution in [0.1, 0.15) is 11.1 Å². The maximum absolute atomic E-state index is 13.4. The second-order valence-electron chi connectivity index (χ2n) is 4.01. The van der Waals surface area contributed by atoms with Crippen molar-refractivity contribution in [1.29, 1.82) is 0 Å². The molecule has 1 aromatic carbocycles. The van der Waals surface area contributed by atoms with Crippen LogP contribution in [0, 0.1) is 32.0 Å². The van der Waals surface area contributed by atoms with E-state index in [4.69, 9.17) is 12.2 Å². The van der Waals surface area contributed by atoms with Gasteiger partial charge in [-0.1, -0.05) is 5.92 Å². The van der Waals surface area contributed by atoms with Crippen molar-refractivity contribution in [1.82, 2.24) is 4.31 Å². The van der Waals surface area contributed by atoms with Crippen LogP contribution < -0.4 is 5.73 Å². The van der Waals surface area contributed by atoms with Gasteiger partial charge in [0.1, 0.15) is 5.82 Å². The summed E-state index contributed by atoms with van der Waals surface area (Å²) in [6.07, 6.45) is 5.09. The monoisotopic (exact) mass is 270 g/mol. The van der Waals surface area contributed by atoms with Gasteiger partial charge in [0, 0.05) is 7.05 Å². The first kappa shape index (κ1) is 14.5. The quantitative estimate of drug-likeness (QED) is 0.664. The summed E-state index contributed by atoms with van der Waals surface area (Å²) in [6.45, 7) is 2.94. The van der Waals surface area contributed by atoms with E-state index in [-0.39, 0.29) is 22.7 Å². The topological polar surface area (TPSA) is 63.4 Å². The van der Waals surface area contributed by atoms with Crippen molar-refractivity contribution in [3.63, 3.8) is 0 Å². The average molecular weight is 270 g/mol. The summed E-state index contributed by atoms with van der Waals surface area (Å²) >= 11 is 0. The zero-order valence-corrected chi connectivity index (χ0v) is 11.3. The zero-order valence-electron chi connectivity index (χ0n) is 10.5. The highest BCUT2D eigenvalue weighted by atomic mass is 32.2. The van der Waals surface area contributed by atoms with Gasteiger partial charge in [0.05, 0.1) is 17.1 Å². The summed E-state index contributed by atoms with van der Waals surface area (Å²) in [5.41, 5.74) is 5.88. The van der Waals surface area contributed by atoms with Crippen LogP contribution in [0.5, 0.6) is 0 Å². The predicted molar refractivity (Wildman–Crippen MR) is 68.9 cm³/mol. The third-order valence-electron chi connectivity index (χ3n) is 2.69. The number of sulfonamides is 1. The van der Waals surface area contributed by atoms with Crippen molar-refractivity contribution >= 4 is 15.7 Å². The molecule has 6 heteroatoms. The van der Waals surface area contributed by atoms with Crippen LogP contribution in [-0.4, -0.2) is 26.3 Å². The standard InChI is InChI=1S/C12H15FN2O2S/c1-5-6-15(4)18(16,17)12-8(2)7-10(13)11(14)9(12)3/h1,7H,6,14H2,2-4H3. The molecule has 18 heavy (non-hydrogen) atoms. The van der Waals surface area contributed by atoms with E-state index in [0.717, 1.165) is 10.4 Å². The SMILES string of the molecule is C#CCN(C)S(=O)(=O)c1c(C)cc(F)c(N)c1C. The van der Waals surface area contributed by atoms with Gasteiger partial charge >= 0.3 is 0 Å². The van der Waals surface area contributed by atoms with Crippen LogP contribution in [0.4, 0.5) is 10.1 Å². The first-order valence-electron chi connectivity index (χ1n) is 5.18. The Balaban J connectivity index is 3.53. The van der Waals surface area contributed by atoms with Crippen LogP contribution in [0.15, 0.2) is 11.0 Å². The van der Waals surface area contributed by atoms with E-state index in [1.807, 2.05) is 0 Å². The third kappa shape index (κ3) is 2.33. The number of anilines is 1. The Morgan fingerprint density at radius 1 is 1.50 bits per heavy atom. The lowest BCUT2D eigenvalue weighted by Gasteiger charge is -2.19. The molecule has 0 heterocycles. The molecule has 2 N–H and O–H groups in total. The number of nitrogen functional groups attached to an aromatic ring is 1. The molecule has 0 unspecified atom stereocenters. The molecule has 0 aliphatic carbocycles. The van der Waals surface area contributed by atoms with E-state index in [1.54, 1.807) is 0 Å². The van der Waals surface area contributed by atoms with E-state index in [1.165, 1.54) is 20.9 Å². The Morgan fingerprint density at radius 3 is 2.56 bits per heavy atom. The number of terminal acetylenes is 1. The first-order chi connectivity index (χ1) is 8.23. The Hall–Kier alpha value is -1.58. The molecule has 0 fully saturated rings. The molecule has 0 amide bonds. The van der Waals surface area contributed by atoms with E-state index in [2.05, 4.69) is 5.92 Å². The normalized spacial score (nSPS) is 11.6. The molecule has 0 atom stereocenters. The lowest BCUT2D eigenvalue weighted by Crippen LogP contribution is -2.28. The van der Waals surface area contributed by atoms with Gasteiger partial charge in [-0.25, -0.2) is 12.8 Å². The van der Waals surface area contributed by atoms with Crippen LogP contribution >= 0.6 is 0 Å². The van der Waals surface area contributed by atoms with Gasteiger partial charge in [0.15, 0.2) is 0 Å². The van der Waals surface area contributed by atoms with Gasteiger partial charge in [-0.15, -0.1) is 6.42 Å². The summed E-state index contributed by atoms with van der Waals surface area (Å²) in [5.74, 6) is 1.63. The van der Waals surface area contributed by atoms with Gasteiger partial charge < -0.3 is 5.73 Å². The van der Waals surface area contributed by atoms with Crippen molar-refractivity contribution in [3.05, 3.63) is 23.0 Å². The molecule has 0 aliphatic heterocycles. The fourth-order valence-corrected chi connectivity index (χ4v) is 3.22. The van der Waals surface area contributed by atoms with Crippen molar-refractivity contribution in [2.75, 3.05) is 19.3 Å². The fourth-order valence-electron chi connectivity index (χ4n) is 1.70. The van der Waals surface area contributed by atoms with Gasteiger partial charge in [0.2, 0.25) is 10.0 Å². The van der Waals surface area contributed by atoms with Crippen LogP contribution in [0.3, 0.4) is 0 Å². The summed E-state index contributed by atoms with van der Waals surface area (Å²) in [7, 11) is -2.39. The Kier molecular flexibility index (Phi) is 3.99. The smallest absolute Gasteiger partial charge is 0.244 e. The van der Waals surface area contributed by atoms with E-state index in [0.29, 0.717) is 5.56 Å². The van der Waals surface area contributed by atoms with Gasteiger partial charge in [0.25, 0.3) is 0 Å². The van der Waals surface area contributed by atoms with Crippen molar-refractivity contribution < 1.29 is 12.8 Å². The van der Waals surface area contributed by atoms with E-state index in [9.17, 15) is 12.8 Å². The summed E-state index contributed by atoms with van der Waals surface area (Å²) < 4.78 is 39.0. The van der Waals surface area contributed by atoms with E-state index >= 15 is 0 Å². The molecule has 4 nitrogen and oxygen atoms in total. The highest BCUT2D eigenvalue weighted by molar-refractivity contribution is 7.89. The molecule has 0 saturated heterocycles. The highest BCUT2D eigenvalue weighted by Gasteiger charge is 2.26. The number of aryl methyl sites for hydroxylation is 1. The molecule has 0 bridgehead atoms. The number of benzene rings is 1. The highest BCUT2D eigenvalue weighted by Crippen LogP contribution is 2.29. The average Bonchev–Trinajstić information content (AvgIpc) is 2.26. The van der Waals surface area contributed by atoms with Crippen molar-refractivity contribution in [3.8, 4) is 12.3 Å². The Morgan fingerprint density at radius 2 is 2.06 bits per heavy atom. The lowest BCUT2D eigenvalue weighted by atomic mass is 10.1. The third-order valence-corrected chi connectivity index (χ3v) is 4.78. The lowest BCUT2D eigenvalue weighted by molar-refractivity contribution is 0.501. The largest absolute Gasteiger partial charge is 0.396 e. The molecule has 0 spiro atoms. The second-order valence-corrected chi connectivity index (χ2v) is 5.99. The maximum Gasteiger partial charge on any atom is 0.244 e. The van der Waals surface area contributed by atoms with Crippen LogP contribution in [0.2, 0.25) is 0 Å². The van der Waals surface area contributed by atoms with Crippen molar-refractivity contribution in [2.45, 2.75) is 18.7 Å². The van der Waals surface area contributed by atoms with Crippen LogP contribution in [-0.2, 0) is 10.0 Å². The van der Waals surface area contributed by atoms with E-state index < -0.39 is 15.8 Å². The number of rotatable bonds is 3. The Labute approximate surface area is 107 Å². The number of hydrogen-bond acceptors (Lipinski definition) is 3. The minimum Gasteiger partial charge on any atom is -0.396 e. The summed E-state index contributed by atoms with van der Waals surface area (Å²) in [4.78, 5) is 0.0131. The number of nitrogens with two attached hydrogens (primary N) is 1. The number of nitrogens with zero attached hydrogens (tertiary/aromatic N) is 1. The van der Waals surface area contributed by atoms with Gasteiger partial charge in [-0.05, 0) is 31.0 Å². The molecular formula is C12H15FN2O2S. The molecule has 0 aromatic heterocycles. The predicted octanol–water partition coefficient (Wildman–Crippen LogP) is 1.28. The molecule has 98 valence electrons. The maximum atomic E-state index is 13.4. The molecule has 1 rings (SSSR count). The summed E-state index contributed by atoms with van der Waals surface area (Å²) in [6, 6.07) is 1.11. The van der Waals surface area contributed by atoms with Gasteiger partial charge in [-0.2, -0.15) is 4.31 Å². The molecule has 0 radical (unpaired) electrons. The fraction of sp³-hybridized carbons (Fsp3) is 0.333. The minimum absolute atomic E-state index is 0.0131. The molecule has 1 aromatic rings. The minimum atomic E-state index is -3.76. The van der Waals surface area contributed by atoms with Crippen molar-refractivity contribution in [2.24, 2.45) is 0 Å². The molecule has 0 aliphatic rings. The zero-order chi connectivity index (χ0) is 14.1. The molecule has 0 saturated carbocycles. The first-order valence-corrected chi connectivity index (χ1v) is 6.62. The van der Waals surface area contributed by atoms with Crippen LogP contribution in [0.25, 0.3) is 0 Å². The molecular weight excluding hydrogens is 255 g/mol. The Bertz CT molecular complexity index is 618. The number of hydrogen-bond donors (Lipinski definition) is 1. The number of halogens is 1. The second kappa shape index (κ2) is 4.96.